The van der Waals surface area contributed by atoms with Gasteiger partial charge in [0.25, 0.3) is 0 Å². The molecule has 1 aliphatic rings. The Morgan fingerprint density at radius 1 is 1.19 bits per heavy atom. The summed E-state index contributed by atoms with van der Waals surface area (Å²) in [6.07, 6.45) is 1.03. The van der Waals surface area contributed by atoms with E-state index in [4.69, 9.17) is 23.2 Å². The second kappa shape index (κ2) is 7.88. The summed E-state index contributed by atoms with van der Waals surface area (Å²) >= 11 is 0. The molecule has 0 amide bonds. The van der Waals surface area contributed by atoms with E-state index in [0.717, 1.165) is 23.3 Å². The maximum atomic E-state index is 12.5. The maximum Gasteiger partial charge on any atom is 0.351 e. The number of ether oxygens (including phenoxy) is 3. The number of hydrogen-bond acceptors (Lipinski definition) is 8. The van der Waals surface area contributed by atoms with E-state index in [1.165, 1.54) is 13.2 Å². The third kappa shape index (κ3) is 3.60. The molecule has 0 saturated heterocycles. The van der Waals surface area contributed by atoms with Crippen molar-refractivity contribution in [1.82, 2.24) is 5.16 Å². The zero-order chi connectivity index (χ0) is 22.2. The lowest BCUT2D eigenvalue weighted by Gasteiger charge is -2.05. The molecule has 0 radical (unpaired) electrons. The monoisotopic (exact) mass is 433 g/mol. The highest BCUT2D eigenvalue weighted by Crippen LogP contribution is 2.33. The highest BCUT2D eigenvalue weighted by Gasteiger charge is 2.21. The number of nitrogens with zero attached hydrogens (tertiary/aromatic N) is 1. The van der Waals surface area contributed by atoms with Gasteiger partial charge in [-0.2, -0.15) is 0 Å². The summed E-state index contributed by atoms with van der Waals surface area (Å²) in [5, 5.41) is 4.50. The Labute approximate surface area is 182 Å². The first-order chi connectivity index (χ1) is 15.5. The average molecular weight is 433 g/mol. The van der Waals surface area contributed by atoms with E-state index in [1.54, 1.807) is 24.3 Å². The van der Waals surface area contributed by atoms with Crippen LogP contribution < -0.4 is 15.1 Å². The molecular weight excluding hydrogens is 414 g/mol. The number of methoxy groups -OCH3 is 1. The smallest absolute Gasteiger partial charge is 0.351 e. The van der Waals surface area contributed by atoms with Crippen LogP contribution in [0.15, 0.2) is 62.3 Å². The molecule has 162 valence electrons. The number of rotatable bonds is 5. The van der Waals surface area contributed by atoms with Gasteiger partial charge in [-0.15, -0.1) is 0 Å². The van der Waals surface area contributed by atoms with Crippen LogP contribution in [0.5, 0.6) is 11.5 Å². The van der Waals surface area contributed by atoms with E-state index in [1.807, 2.05) is 25.1 Å². The van der Waals surface area contributed by atoms with Crippen molar-refractivity contribution >= 4 is 16.9 Å². The molecule has 2 aromatic heterocycles. The minimum Gasteiger partial charge on any atom is -0.493 e. The van der Waals surface area contributed by atoms with E-state index in [2.05, 4.69) is 5.16 Å². The Hall–Kier alpha value is -4.07. The van der Waals surface area contributed by atoms with Crippen molar-refractivity contribution in [3.05, 3.63) is 75.8 Å². The first kappa shape index (κ1) is 19.9. The first-order valence-electron chi connectivity index (χ1n) is 10.1. The van der Waals surface area contributed by atoms with Crippen LogP contribution >= 0.6 is 0 Å². The Balaban J connectivity index is 1.31. The second-order valence-corrected chi connectivity index (χ2v) is 7.54. The molecule has 1 unspecified atom stereocenters. The molecule has 1 aliphatic heterocycles. The molecule has 2 aromatic carbocycles. The molecule has 4 aromatic rings. The fourth-order valence-corrected chi connectivity index (χ4v) is 3.71. The van der Waals surface area contributed by atoms with Crippen LogP contribution in [0, 0.1) is 0 Å². The molecule has 0 aliphatic carbocycles. The minimum atomic E-state index is -0.812. The van der Waals surface area contributed by atoms with Gasteiger partial charge in [0.1, 0.15) is 29.7 Å². The van der Waals surface area contributed by atoms with Crippen LogP contribution in [0.1, 0.15) is 28.5 Å². The van der Waals surface area contributed by atoms with E-state index in [-0.39, 0.29) is 23.9 Å². The molecule has 32 heavy (non-hydrogen) atoms. The molecule has 0 bridgehead atoms. The number of benzene rings is 2. The predicted molar refractivity (Wildman–Crippen MR) is 114 cm³/mol. The molecule has 0 fully saturated rings. The van der Waals surface area contributed by atoms with Gasteiger partial charge in [0, 0.05) is 23.4 Å². The van der Waals surface area contributed by atoms with E-state index < -0.39 is 11.6 Å². The van der Waals surface area contributed by atoms with Gasteiger partial charge in [-0.3, -0.25) is 0 Å². The van der Waals surface area contributed by atoms with Gasteiger partial charge in [0.15, 0.2) is 17.1 Å². The van der Waals surface area contributed by atoms with Crippen LogP contribution in [-0.2, 0) is 17.8 Å². The SMILES string of the molecule is COc1cccc2cc(C(=O)OCc3cc(-c4ccc5c(c4)OC(C)C5)on3)c(=O)oc12. The van der Waals surface area contributed by atoms with Gasteiger partial charge in [0.05, 0.1) is 7.11 Å². The van der Waals surface area contributed by atoms with Crippen LogP contribution in [0.3, 0.4) is 0 Å². The lowest BCUT2D eigenvalue weighted by Crippen LogP contribution is -2.16. The third-order valence-corrected chi connectivity index (χ3v) is 5.26. The molecule has 8 nitrogen and oxygen atoms in total. The Morgan fingerprint density at radius 2 is 2.06 bits per heavy atom. The average Bonchev–Trinajstić information content (AvgIpc) is 3.41. The van der Waals surface area contributed by atoms with Crippen molar-refractivity contribution in [3.8, 4) is 22.8 Å². The van der Waals surface area contributed by atoms with Gasteiger partial charge in [-0.1, -0.05) is 29.4 Å². The third-order valence-electron chi connectivity index (χ3n) is 5.26. The number of fused-ring (bicyclic) bond motifs is 2. The predicted octanol–water partition coefficient (Wildman–Crippen LogP) is 4.14. The van der Waals surface area contributed by atoms with Gasteiger partial charge in [-0.25, -0.2) is 9.59 Å². The normalized spacial score (nSPS) is 14.8. The largest absolute Gasteiger partial charge is 0.493 e. The number of para-hydroxylation sites is 1. The van der Waals surface area contributed by atoms with Crippen LogP contribution in [0.4, 0.5) is 0 Å². The fourth-order valence-electron chi connectivity index (χ4n) is 3.71. The summed E-state index contributed by atoms with van der Waals surface area (Å²) in [5.74, 6) is 0.951. The number of carbonyl (C=O) groups excluding carboxylic acids is 1. The van der Waals surface area contributed by atoms with Crippen LogP contribution in [0.25, 0.3) is 22.3 Å². The quantitative estimate of drug-likeness (QED) is 0.342. The second-order valence-electron chi connectivity index (χ2n) is 7.54. The molecule has 5 rings (SSSR count). The van der Waals surface area contributed by atoms with Crippen molar-refractivity contribution in [3.63, 3.8) is 0 Å². The molecular formula is C24H19NO7. The summed E-state index contributed by atoms with van der Waals surface area (Å²) in [4.78, 5) is 24.8. The Morgan fingerprint density at radius 3 is 2.91 bits per heavy atom. The fraction of sp³-hybridized carbons (Fsp3) is 0.208. The van der Waals surface area contributed by atoms with Crippen molar-refractivity contribution in [2.24, 2.45) is 0 Å². The highest BCUT2D eigenvalue weighted by molar-refractivity contribution is 5.94. The highest BCUT2D eigenvalue weighted by atomic mass is 16.5. The van der Waals surface area contributed by atoms with Crippen molar-refractivity contribution in [2.45, 2.75) is 26.1 Å². The lowest BCUT2D eigenvalue weighted by molar-refractivity contribution is 0.0459. The number of esters is 1. The molecule has 0 saturated carbocycles. The minimum absolute atomic E-state index is 0.152. The number of carbonyl (C=O) groups is 1. The molecule has 8 heteroatoms. The molecule has 3 heterocycles. The van der Waals surface area contributed by atoms with E-state index in [0.29, 0.717) is 22.6 Å². The zero-order valence-corrected chi connectivity index (χ0v) is 17.4. The summed E-state index contributed by atoms with van der Waals surface area (Å²) in [6.45, 7) is 1.86. The Bertz CT molecular complexity index is 1380. The van der Waals surface area contributed by atoms with E-state index in [9.17, 15) is 9.59 Å². The standard InChI is InChI=1S/C24H19NO7/c1-13-8-14-6-7-15(10-20(14)30-13)21-11-17(25-32-21)12-29-23(26)18-9-16-4-3-5-19(28-2)22(16)31-24(18)27/h3-7,9-11,13H,8,12H2,1-2H3. The molecule has 1 atom stereocenters. The Kier molecular flexibility index (Phi) is 4.89. The number of hydrogen-bond donors (Lipinski definition) is 0. The first-order valence-corrected chi connectivity index (χ1v) is 10.1. The van der Waals surface area contributed by atoms with Crippen molar-refractivity contribution in [1.29, 1.82) is 0 Å². The van der Waals surface area contributed by atoms with Crippen molar-refractivity contribution in [2.75, 3.05) is 7.11 Å². The summed E-state index contributed by atoms with van der Waals surface area (Å²) in [6, 6.07) is 14.1. The summed E-state index contributed by atoms with van der Waals surface area (Å²) in [5.41, 5.74) is 1.63. The van der Waals surface area contributed by atoms with Gasteiger partial charge in [-0.05, 0) is 30.7 Å². The van der Waals surface area contributed by atoms with Gasteiger partial charge in [0.2, 0.25) is 0 Å². The summed E-state index contributed by atoms with van der Waals surface area (Å²) in [7, 11) is 1.47. The topological polar surface area (TPSA) is 101 Å². The molecule has 0 N–H and O–H groups in total. The zero-order valence-electron chi connectivity index (χ0n) is 17.4. The summed E-state index contributed by atoms with van der Waals surface area (Å²) < 4.78 is 26.9. The lowest BCUT2D eigenvalue weighted by atomic mass is 10.1. The van der Waals surface area contributed by atoms with Gasteiger partial charge < -0.3 is 23.2 Å². The van der Waals surface area contributed by atoms with Crippen molar-refractivity contribution < 1.29 is 27.9 Å². The van der Waals surface area contributed by atoms with Gasteiger partial charge >= 0.3 is 11.6 Å². The van der Waals surface area contributed by atoms with Crippen LogP contribution in [-0.4, -0.2) is 24.3 Å². The number of aromatic nitrogens is 1. The molecule has 0 spiro atoms. The van der Waals surface area contributed by atoms with E-state index >= 15 is 0 Å². The van der Waals surface area contributed by atoms with Crippen LogP contribution in [0.2, 0.25) is 0 Å². The maximum absolute atomic E-state index is 12.5.